The maximum absolute atomic E-state index is 9.96. The van der Waals surface area contributed by atoms with Gasteiger partial charge in [0.25, 0.3) is 0 Å². The average Bonchev–Trinajstić information content (AvgIpc) is 2.70. The first-order chi connectivity index (χ1) is 13.3. The van der Waals surface area contributed by atoms with Crippen LogP contribution in [0.25, 0.3) is 11.3 Å². The van der Waals surface area contributed by atoms with Crippen LogP contribution in [0, 0.1) is 12.3 Å². The molecule has 1 saturated heterocycles. The number of rotatable bonds is 5. The third-order valence-electron chi connectivity index (χ3n) is 6.02. The Hall–Kier alpha value is -1.40. The van der Waals surface area contributed by atoms with Crippen molar-refractivity contribution < 1.29 is 5.11 Å². The minimum Gasteiger partial charge on any atom is -0.390 e. The minimum absolute atomic E-state index is 0.140. The van der Waals surface area contributed by atoms with E-state index in [9.17, 15) is 5.11 Å². The number of nitrogens with two attached hydrogens (primary N) is 1. The summed E-state index contributed by atoms with van der Waals surface area (Å²) in [5.74, 6) is 0.744. The Morgan fingerprint density at radius 3 is 2.54 bits per heavy atom. The summed E-state index contributed by atoms with van der Waals surface area (Å²) in [5, 5.41) is 10.9. The Morgan fingerprint density at radius 1 is 1.25 bits per heavy atom. The Balaban J connectivity index is 1.92. The highest BCUT2D eigenvalue weighted by molar-refractivity contribution is 6.43. The lowest BCUT2D eigenvalue weighted by atomic mass is 9.73. The van der Waals surface area contributed by atoms with Crippen molar-refractivity contribution in [1.82, 2.24) is 9.97 Å². The maximum Gasteiger partial charge on any atom is 0.153 e. The summed E-state index contributed by atoms with van der Waals surface area (Å²) in [4.78, 5) is 11.7. The van der Waals surface area contributed by atoms with E-state index in [0.29, 0.717) is 21.4 Å². The maximum atomic E-state index is 9.96. The second-order valence-corrected chi connectivity index (χ2v) is 8.63. The van der Waals surface area contributed by atoms with Gasteiger partial charge in [0, 0.05) is 24.7 Å². The number of nitrogens with zero attached hydrogens (tertiary/aromatic N) is 3. The molecule has 3 N–H and O–H groups in total. The summed E-state index contributed by atoms with van der Waals surface area (Å²) < 4.78 is 0. The third kappa shape index (κ3) is 3.99. The first kappa shape index (κ1) is 21.3. The molecule has 5 nitrogen and oxygen atoms in total. The number of aliphatic hydroxyl groups is 1. The molecule has 1 aromatic heterocycles. The van der Waals surface area contributed by atoms with Gasteiger partial charge in [0.1, 0.15) is 5.69 Å². The van der Waals surface area contributed by atoms with Gasteiger partial charge in [0.2, 0.25) is 0 Å². The molecule has 0 amide bonds. The van der Waals surface area contributed by atoms with Crippen molar-refractivity contribution in [2.75, 3.05) is 18.0 Å². The van der Waals surface area contributed by atoms with Gasteiger partial charge in [-0.3, -0.25) is 0 Å². The number of aryl methyl sites for hydroxylation is 1. The normalized spacial score (nSPS) is 17.6. The van der Waals surface area contributed by atoms with Crippen LogP contribution in [0.2, 0.25) is 10.0 Å². The summed E-state index contributed by atoms with van der Waals surface area (Å²) in [6.45, 7) is 7.83. The zero-order valence-electron chi connectivity index (χ0n) is 16.7. The van der Waals surface area contributed by atoms with Gasteiger partial charge in [0.05, 0.1) is 28.0 Å². The SMILES string of the molecule is CCC(N)C1(C)CCN(c2nc(C)c(-c3cccc(Cl)c3Cl)nc2CO)CC1. The molecule has 1 unspecified atom stereocenters. The molecule has 2 aromatic rings. The Morgan fingerprint density at radius 2 is 1.93 bits per heavy atom. The minimum atomic E-state index is -0.184. The molecule has 28 heavy (non-hydrogen) atoms. The number of piperidine rings is 1. The molecule has 1 aliphatic rings. The number of hydrogen-bond donors (Lipinski definition) is 2. The van der Waals surface area contributed by atoms with E-state index in [-0.39, 0.29) is 18.1 Å². The molecule has 0 spiro atoms. The number of halogens is 2. The van der Waals surface area contributed by atoms with Crippen LogP contribution in [0.5, 0.6) is 0 Å². The van der Waals surface area contributed by atoms with Gasteiger partial charge >= 0.3 is 0 Å². The molecule has 3 rings (SSSR count). The van der Waals surface area contributed by atoms with E-state index < -0.39 is 0 Å². The molecular weight excluding hydrogens is 395 g/mol. The quantitative estimate of drug-likeness (QED) is 0.736. The first-order valence-corrected chi connectivity index (χ1v) is 10.5. The molecule has 0 saturated carbocycles. The highest BCUT2D eigenvalue weighted by atomic mass is 35.5. The standard InChI is InChI=1S/C21H28Cl2N4O/c1-4-17(24)21(3)8-10-27(11-9-21)20-16(12-28)26-19(13(2)25-20)14-6-5-7-15(22)18(14)23/h5-7,17,28H,4,8-12,24H2,1-3H3. The number of aromatic nitrogens is 2. The van der Waals surface area contributed by atoms with Crippen molar-refractivity contribution in [2.24, 2.45) is 11.1 Å². The van der Waals surface area contributed by atoms with E-state index in [1.54, 1.807) is 6.07 Å². The first-order valence-electron chi connectivity index (χ1n) is 9.74. The fourth-order valence-corrected chi connectivity index (χ4v) is 4.33. The smallest absolute Gasteiger partial charge is 0.153 e. The second kappa shape index (κ2) is 8.54. The molecule has 1 aromatic carbocycles. The van der Waals surface area contributed by atoms with E-state index >= 15 is 0 Å². The lowest BCUT2D eigenvalue weighted by Gasteiger charge is -2.43. The third-order valence-corrected chi connectivity index (χ3v) is 6.84. The van der Waals surface area contributed by atoms with Crippen LogP contribution in [-0.4, -0.2) is 34.2 Å². The Bertz CT molecular complexity index is 851. The molecule has 0 radical (unpaired) electrons. The van der Waals surface area contributed by atoms with Crippen LogP contribution < -0.4 is 10.6 Å². The van der Waals surface area contributed by atoms with Crippen molar-refractivity contribution >= 4 is 29.0 Å². The van der Waals surface area contributed by atoms with Gasteiger partial charge in [0.15, 0.2) is 5.82 Å². The summed E-state index contributed by atoms with van der Waals surface area (Å²) in [6.07, 6.45) is 2.97. The van der Waals surface area contributed by atoms with Gasteiger partial charge in [-0.2, -0.15) is 0 Å². The predicted molar refractivity (Wildman–Crippen MR) is 116 cm³/mol. The number of hydrogen-bond acceptors (Lipinski definition) is 5. The number of anilines is 1. The fraction of sp³-hybridized carbons (Fsp3) is 0.524. The van der Waals surface area contributed by atoms with E-state index in [1.807, 2.05) is 19.1 Å². The molecule has 0 aliphatic carbocycles. The van der Waals surface area contributed by atoms with E-state index in [0.717, 1.165) is 49.4 Å². The van der Waals surface area contributed by atoms with Gasteiger partial charge in [-0.1, -0.05) is 49.2 Å². The van der Waals surface area contributed by atoms with E-state index in [2.05, 4.69) is 18.7 Å². The average molecular weight is 423 g/mol. The highest BCUT2D eigenvalue weighted by Gasteiger charge is 2.35. The van der Waals surface area contributed by atoms with Crippen LogP contribution in [-0.2, 0) is 6.61 Å². The summed E-state index contributed by atoms with van der Waals surface area (Å²) in [7, 11) is 0. The van der Waals surface area contributed by atoms with Gasteiger partial charge in [-0.05, 0) is 37.7 Å². The molecule has 0 bridgehead atoms. The topological polar surface area (TPSA) is 75.3 Å². The van der Waals surface area contributed by atoms with Gasteiger partial charge < -0.3 is 15.7 Å². The highest BCUT2D eigenvalue weighted by Crippen LogP contribution is 2.38. The lowest BCUT2D eigenvalue weighted by Crippen LogP contribution is -2.48. The zero-order valence-corrected chi connectivity index (χ0v) is 18.2. The molecule has 1 atom stereocenters. The zero-order chi connectivity index (χ0) is 20.5. The molecule has 7 heteroatoms. The summed E-state index contributed by atoms with van der Waals surface area (Å²) >= 11 is 12.5. The van der Waals surface area contributed by atoms with Crippen molar-refractivity contribution in [2.45, 2.75) is 52.7 Å². The number of benzene rings is 1. The Labute approximate surface area is 176 Å². The lowest BCUT2D eigenvalue weighted by molar-refractivity contribution is 0.190. The van der Waals surface area contributed by atoms with Crippen LogP contribution in [0.4, 0.5) is 5.82 Å². The van der Waals surface area contributed by atoms with Crippen molar-refractivity contribution in [3.05, 3.63) is 39.6 Å². The molecule has 1 aliphatic heterocycles. The molecule has 2 heterocycles. The van der Waals surface area contributed by atoms with E-state index in [4.69, 9.17) is 38.9 Å². The Kier molecular flexibility index (Phi) is 6.50. The largest absolute Gasteiger partial charge is 0.390 e. The van der Waals surface area contributed by atoms with Crippen LogP contribution in [0.3, 0.4) is 0 Å². The monoisotopic (exact) mass is 422 g/mol. The fourth-order valence-electron chi connectivity index (χ4n) is 3.94. The van der Waals surface area contributed by atoms with Crippen molar-refractivity contribution in [3.63, 3.8) is 0 Å². The van der Waals surface area contributed by atoms with Crippen molar-refractivity contribution in [3.8, 4) is 11.3 Å². The van der Waals surface area contributed by atoms with Gasteiger partial charge in [-0.25, -0.2) is 9.97 Å². The molecule has 1 fully saturated rings. The van der Waals surface area contributed by atoms with Gasteiger partial charge in [-0.15, -0.1) is 0 Å². The van der Waals surface area contributed by atoms with Crippen LogP contribution in [0.1, 0.15) is 44.5 Å². The number of aliphatic hydroxyl groups excluding tert-OH is 1. The van der Waals surface area contributed by atoms with E-state index in [1.165, 1.54) is 0 Å². The van der Waals surface area contributed by atoms with Crippen LogP contribution in [0.15, 0.2) is 18.2 Å². The summed E-state index contributed by atoms with van der Waals surface area (Å²) in [6, 6.07) is 5.64. The molecular formula is C21H28Cl2N4O. The van der Waals surface area contributed by atoms with Crippen LogP contribution >= 0.6 is 23.2 Å². The predicted octanol–water partition coefficient (Wildman–Crippen LogP) is 4.59. The summed E-state index contributed by atoms with van der Waals surface area (Å²) in [5.41, 5.74) is 9.17. The second-order valence-electron chi connectivity index (χ2n) is 7.84. The van der Waals surface area contributed by atoms with Crippen molar-refractivity contribution in [1.29, 1.82) is 0 Å². The molecule has 152 valence electrons.